The Morgan fingerprint density at radius 2 is 2.00 bits per heavy atom. The number of aromatic nitrogens is 1. The normalized spacial score (nSPS) is 11.3. The van der Waals surface area contributed by atoms with Crippen molar-refractivity contribution < 1.29 is 24.2 Å². The van der Waals surface area contributed by atoms with Crippen LogP contribution in [0.25, 0.3) is 24.0 Å². The standard InChI is InChI=1S/C22H18N2O6/c1-13-17(20(26)24(9-10-25)21(27)18(13)12-23)11-16-7-8-19(30-16)14-3-5-15(6-4-14)22(28)29-2/h3-8,11,25,27H,1,9-10H2,2H3. The van der Waals surface area contributed by atoms with Crippen LogP contribution in [-0.2, 0) is 11.3 Å². The van der Waals surface area contributed by atoms with E-state index in [0.29, 0.717) is 22.6 Å². The van der Waals surface area contributed by atoms with Crippen molar-refractivity contribution in [2.75, 3.05) is 13.7 Å². The Morgan fingerprint density at radius 3 is 2.60 bits per heavy atom. The largest absolute Gasteiger partial charge is 0.493 e. The second-order valence-corrected chi connectivity index (χ2v) is 6.30. The van der Waals surface area contributed by atoms with Crippen molar-refractivity contribution in [1.29, 1.82) is 5.26 Å². The summed E-state index contributed by atoms with van der Waals surface area (Å²) in [7, 11) is 1.30. The summed E-state index contributed by atoms with van der Waals surface area (Å²) in [5.41, 5.74) is 0.350. The molecule has 3 rings (SSSR count). The average Bonchev–Trinajstić information content (AvgIpc) is 3.23. The number of aliphatic hydroxyl groups excluding tert-OH is 1. The number of carbonyl (C=O) groups excluding carboxylic acids is 1. The smallest absolute Gasteiger partial charge is 0.337 e. The molecule has 8 nitrogen and oxygen atoms in total. The second kappa shape index (κ2) is 8.51. The first-order valence-corrected chi connectivity index (χ1v) is 8.87. The van der Waals surface area contributed by atoms with Crippen molar-refractivity contribution >= 4 is 18.6 Å². The van der Waals surface area contributed by atoms with E-state index in [2.05, 4.69) is 11.3 Å². The highest BCUT2D eigenvalue weighted by atomic mass is 16.5. The number of pyridine rings is 1. The maximum absolute atomic E-state index is 12.7. The van der Waals surface area contributed by atoms with Gasteiger partial charge in [-0.3, -0.25) is 9.36 Å². The number of ether oxygens (including phenoxy) is 1. The quantitative estimate of drug-likeness (QED) is 0.598. The zero-order valence-electron chi connectivity index (χ0n) is 16.1. The molecule has 0 unspecified atom stereocenters. The molecule has 2 aromatic heterocycles. The molecule has 0 spiro atoms. The van der Waals surface area contributed by atoms with Gasteiger partial charge in [-0.1, -0.05) is 18.7 Å². The number of aliphatic hydroxyl groups is 1. The second-order valence-electron chi connectivity index (χ2n) is 6.30. The summed E-state index contributed by atoms with van der Waals surface area (Å²) in [6, 6.07) is 11.8. The SMILES string of the molecule is C=c1c(C#N)c(O)n(CCO)c(=O)c1=Cc1ccc(-c2ccc(C(=O)OC)cc2)o1. The molecule has 1 aromatic carbocycles. The number of rotatable bonds is 5. The molecule has 0 bridgehead atoms. The van der Waals surface area contributed by atoms with Crippen LogP contribution in [-0.4, -0.2) is 34.5 Å². The third kappa shape index (κ3) is 3.74. The Bertz CT molecular complexity index is 1310. The third-order valence-electron chi connectivity index (χ3n) is 4.52. The molecule has 0 aliphatic heterocycles. The summed E-state index contributed by atoms with van der Waals surface area (Å²) in [5, 5.41) is 28.7. The van der Waals surface area contributed by atoms with Gasteiger partial charge in [0.05, 0.1) is 31.0 Å². The highest BCUT2D eigenvalue weighted by Gasteiger charge is 2.13. The molecular weight excluding hydrogens is 388 g/mol. The van der Waals surface area contributed by atoms with Crippen LogP contribution in [0.3, 0.4) is 0 Å². The van der Waals surface area contributed by atoms with Gasteiger partial charge in [0.15, 0.2) is 0 Å². The van der Waals surface area contributed by atoms with Gasteiger partial charge in [-0.15, -0.1) is 0 Å². The Kier molecular flexibility index (Phi) is 5.85. The minimum absolute atomic E-state index is 0.0644. The van der Waals surface area contributed by atoms with E-state index in [1.165, 1.54) is 13.2 Å². The van der Waals surface area contributed by atoms with Gasteiger partial charge in [0.25, 0.3) is 5.56 Å². The Morgan fingerprint density at radius 1 is 1.30 bits per heavy atom. The minimum Gasteiger partial charge on any atom is -0.493 e. The molecule has 0 amide bonds. The molecule has 0 aliphatic carbocycles. The van der Waals surface area contributed by atoms with Gasteiger partial charge in [0.1, 0.15) is 23.2 Å². The molecule has 3 aromatic rings. The van der Waals surface area contributed by atoms with Gasteiger partial charge in [-0.2, -0.15) is 5.26 Å². The van der Waals surface area contributed by atoms with Gasteiger partial charge < -0.3 is 19.4 Å². The summed E-state index contributed by atoms with van der Waals surface area (Å²) in [5.74, 6) is -0.158. The predicted molar refractivity (Wildman–Crippen MR) is 108 cm³/mol. The number of nitrogens with zero attached hydrogens (tertiary/aromatic N) is 2. The number of carbonyl (C=O) groups is 1. The molecule has 0 saturated carbocycles. The van der Waals surface area contributed by atoms with Crippen molar-refractivity contribution in [3.8, 4) is 23.3 Å². The lowest BCUT2D eigenvalue weighted by Crippen LogP contribution is -2.46. The monoisotopic (exact) mass is 406 g/mol. The van der Waals surface area contributed by atoms with Crippen LogP contribution in [0.15, 0.2) is 45.6 Å². The fourth-order valence-electron chi connectivity index (χ4n) is 2.97. The van der Waals surface area contributed by atoms with Crippen molar-refractivity contribution in [2.24, 2.45) is 0 Å². The Balaban J connectivity index is 2.08. The first-order valence-electron chi connectivity index (χ1n) is 8.87. The molecule has 2 N–H and O–H groups in total. The number of hydrogen-bond acceptors (Lipinski definition) is 7. The number of furan rings is 1. The lowest BCUT2D eigenvalue weighted by molar-refractivity contribution is 0.0600. The van der Waals surface area contributed by atoms with Crippen molar-refractivity contribution in [1.82, 2.24) is 4.57 Å². The maximum Gasteiger partial charge on any atom is 0.337 e. The predicted octanol–water partition coefficient (Wildman–Crippen LogP) is 0.704. The number of esters is 1. The van der Waals surface area contributed by atoms with E-state index < -0.39 is 17.4 Å². The van der Waals surface area contributed by atoms with Crippen LogP contribution in [0.2, 0.25) is 0 Å². The van der Waals surface area contributed by atoms with Crippen LogP contribution in [0, 0.1) is 11.3 Å². The van der Waals surface area contributed by atoms with Crippen LogP contribution < -0.4 is 16.0 Å². The van der Waals surface area contributed by atoms with Crippen molar-refractivity contribution in [2.45, 2.75) is 6.54 Å². The van der Waals surface area contributed by atoms with Gasteiger partial charge in [-0.05, 0) is 30.3 Å². The number of hydrogen-bond donors (Lipinski definition) is 2. The molecule has 0 radical (unpaired) electrons. The zero-order chi connectivity index (χ0) is 21.8. The van der Waals surface area contributed by atoms with E-state index in [-0.39, 0.29) is 29.2 Å². The first kappa shape index (κ1) is 20.6. The number of nitriles is 1. The van der Waals surface area contributed by atoms with Crippen molar-refractivity contribution in [3.05, 3.63) is 74.1 Å². The van der Waals surface area contributed by atoms with Crippen LogP contribution in [0.1, 0.15) is 21.7 Å². The van der Waals surface area contributed by atoms with E-state index in [0.717, 1.165) is 4.57 Å². The molecule has 0 atom stereocenters. The van der Waals surface area contributed by atoms with Gasteiger partial charge >= 0.3 is 5.97 Å². The zero-order valence-corrected chi connectivity index (χ0v) is 16.1. The maximum atomic E-state index is 12.7. The minimum atomic E-state index is -0.606. The third-order valence-corrected chi connectivity index (χ3v) is 4.52. The van der Waals surface area contributed by atoms with Crippen LogP contribution in [0.5, 0.6) is 5.88 Å². The van der Waals surface area contributed by atoms with E-state index in [4.69, 9.17) is 9.52 Å². The number of aromatic hydroxyl groups is 1. The molecular formula is C22H18N2O6. The van der Waals surface area contributed by atoms with Gasteiger partial charge in [-0.25, -0.2) is 4.79 Å². The fraction of sp³-hybridized carbons (Fsp3) is 0.136. The topological polar surface area (TPSA) is 126 Å². The summed E-state index contributed by atoms with van der Waals surface area (Å²) in [4.78, 5) is 24.2. The molecule has 0 aliphatic rings. The molecule has 2 heterocycles. The van der Waals surface area contributed by atoms with E-state index in [1.54, 1.807) is 36.4 Å². The summed E-state index contributed by atoms with van der Waals surface area (Å²) >= 11 is 0. The Hall–Kier alpha value is -4.09. The van der Waals surface area contributed by atoms with E-state index in [1.807, 2.05) is 6.07 Å². The molecule has 0 fully saturated rings. The highest BCUT2D eigenvalue weighted by Crippen LogP contribution is 2.23. The summed E-state index contributed by atoms with van der Waals surface area (Å²) in [6.45, 7) is 3.18. The van der Waals surface area contributed by atoms with Crippen LogP contribution >= 0.6 is 0 Å². The fourth-order valence-corrected chi connectivity index (χ4v) is 2.97. The summed E-state index contributed by atoms with van der Waals surface area (Å²) < 4.78 is 11.4. The van der Waals surface area contributed by atoms with E-state index >= 15 is 0 Å². The summed E-state index contributed by atoms with van der Waals surface area (Å²) in [6.07, 6.45) is 1.42. The average molecular weight is 406 g/mol. The number of benzene rings is 1. The van der Waals surface area contributed by atoms with Crippen molar-refractivity contribution in [3.63, 3.8) is 0 Å². The number of methoxy groups -OCH3 is 1. The molecule has 0 saturated heterocycles. The molecule has 8 heteroatoms. The van der Waals surface area contributed by atoms with Crippen LogP contribution in [0.4, 0.5) is 0 Å². The molecule has 30 heavy (non-hydrogen) atoms. The lowest BCUT2D eigenvalue weighted by atomic mass is 10.1. The van der Waals surface area contributed by atoms with Gasteiger partial charge in [0, 0.05) is 10.8 Å². The molecule has 152 valence electrons. The highest BCUT2D eigenvalue weighted by molar-refractivity contribution is 5.89. The Labute approximate surface area is 170 Å². The van der Waals surface area contributed by atoms with E-state index in [9.17, 15) is 20.0 Å². The lowest BCUT2D eigenvalue weighted by Gasteiger charge is -2.08. The first-order chi connectivity index (χ1) is 14.4. The van der Waals surface area contributed by atoms with Gasteiger partial charge in [0.2, 0.25) is 5.88 Å².